The third-order valence-corrected chi connectivity index (χ3v) is 4.52. The van der Waals surface area contributed by atoms with Crippen LogP contribution in [-0.4, -0.2) is 8.42 Å². The molecule has 0 unspecified atom stereocenters. The van der Waals surface area contributed by atoms with Gasteiger partial charge in [0.2, 0.25) is 0 Å². The minimum atomic E-state index is -3.83. The number of halogens is 3. The van der Waals surface area contributed by atoms with Gasteiger partial charge >= 0.3 is 0 Å². The molecule has 2 aromatic carbocycles. The van der Waals surface area contributed by atoms with Crippen LogP contribution in [0.4, 0.5) is 8.78 Å². The summed E-state index contributed by atoms with van der Waals surface area (Å²) in [5.41, 5.74) is 0.301. The fraction of sp³-hybridized carbons (Fsp3) is 0.0769. The molecule has 0 fully saturated rings. The lowest BCUT2D eigenvalue weighted by Gasteiger charge is -2.06. The molecule has 2 nitrogen and oxygen atoms in total. The second kappa shape index (κ2) is 5.27. The van der Waals surface area contributed by atoms with Gasteiger partial charge in [-0.25, -0.2) is 17.2 Å². The smallest absolute Gasteiger partial charge is 0.185 e. The van der Waals surface area contributed by atoms with E-state index in [1.54, 1.807) is 0 Å². The average molecular weight is 303 g/mol. The number of hydrogen-bond acceptors (Lipinski definition) is 2. The Bertz CT molecular complexity index is 714. The fourth-order valence-electron chi connectivity index (χ4n) is 1.62. The molecular weight excluding hydrogens is 294 g/mol. The molecule has 0 bridgehead atoms. The minimum Gasteiger partial charge on any atom is -0.223 e. The first-order valence-corrected chi connectivity index (χ1v) is 7.34. The Balaban J connectivity index is 2.37. The highest BCUT2D eigenvalue weighted by Gasteiger charge is 2.19. The van der Waals surface area contributed by atoms with Crippen LogP contribution >= 0.6 is 11.6 Å². The van der Waals surface area contributed by atoms with E-state index >= 15 is 0 Å². The molecule has 0 heterocycles. The Labute approximate surface area is 114 Å². The second-order valence-electron chi connectivity index (χ2n) is 3.94. The molecule has 0 amide bonds. The largest absolute Gasteiger partial charge is 0.223 e. The van der Waals surface area contributed by atoms with E-state index in [2.05, 4.69) is 0 Å². The third kappa shape index (κ3) is 3.11. The van der Waals surface area contributed by atoms with Crippen molar-refractivity contribution in [2.45, 2.75) is 10.6 Å². The van der Waals surface area contributed by atoms with Crippen LogP contribution in [0.5, 0.6) is 0 Å². The van der Waals surface area contributed by atoms with Crippen molar-refractivity contribution in [1.82, 2.24) is 0 Å². The Morgan fingerprint density at radius 1 is 1.00 bits per heavy atom. The van der Waals surface area contributed by atoms with E-state index in [0.29, 0.717) is 5.56 Å². The Morgan fingerprint density at radius 3 is 2.32 bits per heavy atom. The van der Waals surface area contributed by atoms with Crippen LogP contribution in [0.15, 0.2) is 47.4 Å². The SMILES string of the molecule is O=S(=O)(Cc1ccc(F)c(Cl)c1)c1ccccc1F. The minimum absolute atomic E-state index is 0.166. The zero-order valence-corrected chi connectivity index (χ0v) is 11.2. The quantitative estimate of drug-likeness (QED) is 0.868. The molecule has 19 heavy (non-hydrogen) atoms. The predicted molar refractivity (Wildman–Crippen MR) is 68.7 cm³/mol. The maximum absolute atomic E-state index is 13.5. The molecule has 2 aromatic rings. The van der Waals surface area contributed by atoms with E-state index < -0.39 is 27.2 Å². The third-order valence-electron chi connectivity index (χ3n) is 2.51. The number of rotatable bonds is 3. The van der Waals surface area contributed by atoms with E-state index in [1.165, 1.54) is 30.3 Å². The van der Waals surface area contributed by atoms with Gasteiger partial charge < -0.3 is 0 Å². The zero-order chi connectivity index (χ0) is 14.0. The molecule has 0 aliphatic heterocycles. The average Bonchev–Trinajstić information content (AvgIpc) is 2.34. The Kier molecular flexibility index (Phi) is 3.87. The molecule has 0 saturated heterocycles. The predicted octanol–water partition coefficient (Wildman–Crippen LogP) is 3.59. The van der Waals surface area contributed by atoms with Crippen molar-refractivity contribution in [2.75, 3.05) is 0 Å². The molecule has 0 radical (unpaired) electrons. The molecule has 100 valence electrons. The summed E-state index contributed by atoms with van der Waals surface area (Å²) in [5.74, 6) is -1.88. The van der Waals surface area contributed by atoms with E-state index in [-0.39, 0.29) is 9.92 Å². The van der Waals surface area contributed by atoms with Crippen molar-refractivity contribution in [3.05, 3.63) is 64.7 Å². The molecule has 0 aliphatic rings. The van der Waals surface area contributed by atoms with Gasteiger partial charge in [0.05, 0.1) is 10.8 Å². The first kappa shape index (κ1) is 14.0. The maximum atomic E-state index is 13.5. The van der Waals surface area contributed by atoms with Gasteiger partial charge in [0, 0.05) is 0 Å². The van der Waals surface area contributed by atoms with Gasteiger partial charge in [0.15, 0.2) is 9.84 Å². The molecule has 0 aliphatic carbocycles. The molecule has 6 heteroatoms. The van der Waals surface area contributed by atoms with Crippen LogP contribution in [0, 0.1) is 11.6 Å². The molecule has 2 rings (SSSR count). The highest BCUT2D eigenvalue weighted by molar-refractivity contribution is 7.90. The summed E-state index contributed by atoms with van der Waals surface area (Å²) in [4.78, 5) is -0.379. The number of benzene rings is 2. The second-order valence-corrected chi connectivity index (χ2v) is 6.30. The summed E-state index contributed by atoms with van der Waals surface area (Å²) in [6, 6.07) is 8.71. The first-order valence-electron chi connectivity index (χ1n) is 5.31. The first-order chi connectivity index (χ1) is 8.90. The zero-order valence-electron chi connectivity index (χ0n) is 9.61. The molecule has 0 saturated carbocycles. The molecule has 0 N–H and O–H groups in total. The standard InChI is InChI=1S/C13H9ClF2O2S/c14-10-7-9(5-6-11(10)15)8-19(17,18)13-4-2-1-3-12(13)16/h1-7H,8H2. The maximum Gasteiger partial charge on any atom is 0.185 e. The summed E-state index contributed by atoms with van der Waals surface area (Å²) in [6.07, 6.45) is 0. The van der Waals surface area contributed by atoms with E-state index in [9.17, 15) is 17.2 Å². The summed E-state index contributed by atoms with van der Waals surface area (Å²) in [7, 11) is -3.83. The van der Waals surface area contributed by atoms with Gasteiger partial charge in [0.25, 0.3) is 0 Å². The van der Waals surface area contributed by atoms with Gasteiger partial charge in [-0.15, -0.1) is 0 Å². The number of hydrogen-bond donors (Lipinski definition) is 0. The highest BCUT2D eigenvalue weighted by Crippen LogP contribution is 2.22. The van der Waals surface area contributed by atoms with Gasteiger partial charge in [-0.2, -0.15) is 0 Å². The normalized spacial score (nSPS) is 11.5. The van der Waals surface area contributed by atoms with E-state index in [4.69, 9.17) is 11.6 Å². The van der Waals surface area contributed by atoms with Gasteiger partial charge in [-0.1, -0.05) is 29.8 Å². The summed E-state index contributed by atoms with van der Waals surface area (Å²) < 4.78 is 50.5. The van der Waals surface area contributed by atoms with E-state index in [0.717, 1.165) is 12.1 Å². The van der Waals surface area contributed by atoms with Gasteiger partial charge in [-0.05, 0) is 29.8 Å². The Hall–Kier alpha value is -1.46. The van der Waals surface area contributed by atoms with Crippen molar-refractivity contribution < 1.29 is 17.2 Å². The van der Waals surface area contributed by atoms with Crippen LogP contribution in [-0.2, 0) is 15.6 Å². The Morgan fingerprint density at radius 2 is 1.68 bits per heavy atom. The molecular formula is C13H9ClF2O2S. The van der Waals surface area contributed by atoms with Crippen LogP contribution < -0.4 is 0 Å². The van der Waals surface area contributed by atoms with Crippen molar-refractivity contribution >= 4 is 21.4 Å². The summed E-state index contributed by atoms with van der Waals surface area (Å²) in [6.45, 7) is 0. The van der Waals surface area contributed by atoms with Gasteiger partial charge in [-0.3, -0.25) is 0 Å². The summed E-state index contributed by atoms with van der Waals surface area (Å²) in [5, 5.41) is -0.166. The summed E-state index contributed by atoms with van der Waals surface area (Å²) >= 11 is 5.58. The van der Waals surface area contributed by atoms with Crippen molar-refractivity contribution in [3.63, 3.8) is 0 Å². The number of sulfone groups is 1. The van der Waals surface area contributed by atoms with Gasteiger partial charge in [0.1, 0.15) is 16.5 Å². The van der Waals surface area contributed by atoms with Crippen LogP contribution in [0.1, 0.15) is 5.56 Å². The lowest BCUT2D eigenvalue weighted by atomic mass is 10.2. The monoisotopic (exact) mass is 302 g/mol. The topological polar surface area (TPSA) is 34.1 Å². The van der Waals surface area contributed by atoms with Crippen molar-refractivity contribution in [3.8, 4) is 0 Å². The van der Waals surface area contributed by atoms with Crippen molar-refractivity contribution in [2.24, 2.45) is 0 Å². The lowest BCUT2D eigenvalue weighted by Crippen LogP contribution is -2.07. The molecule has 0 aromatic heterocycles. The fourth-order valence-corrected chi connectivity index (χ4v) is 3.25. The molecule has 0 atom stereocenters. The van der Waals surface area contributed by atoms with Crippen LogP contribution in [0.3, 0.4) is 0 Å². The van der Waals surface area contributed by atoms with Crippen LogP contribution in [0.25, 0.3) is 0 Å². The lowest BCUT2D eigenvalue weighted by molar-refractivity contribution is 0.566. The van der Waals surface area contributed by atoms with Crippen molar-refractivity contribution in [1.29, 1.82) is 0 Å². The molecule has 0 spiro atoms. The van der Waals surface area contributed by atoms with E-state index in [1.807, 2.05) is 0 Å². The van der Waals surface area contributed by atoms with Crippen LogP contribution in [0.2, 0.25) is 5.02 Å². The highest BCUT2D eigenvalue weighted by atomic mass is 35.5.